The minimum Gasteiger partial charge on any atom is -0.492 e. The van der Waals surface area contributed by atoms with Crippen LogP contribution in [0.1, 0.15) is 39.0 Å². The van der Waals surface area contributed by atoms with Crippen LogP contribution >= 0.6 is 12.4 Å². The summed E-state index contributed by atoms with van der Waals surface area (Å²) in [6, 6.07) is 5.90. The highest BCUT2D eigenvalue weighted by atomic mass is 35.5. The predicted octanol–water partition coefficient (Wildman–Crippen LogP) is 4.65. The van der Waals surface area contributed by atoms with Crippen molar-refractivity contribution >= 4 is 18.3 Å². The molecule has 178 valence electrons. The van der Waals surface area contributed by atoms with Crippen LogP contribution in [0.3, 0.4) is 0 Å². The van der Waals surface area contributed by atoms with Crippen LogP contribution in [0.5, 0.6) is 5.75 Å². The minimum atomic E-state index is -4.59. The lowest BCUT2D eigenvalue weighted by Gasteiger charge is -2.34. The number of unbranched alkanes of at least 4 members (excludes halogenated alkanes) is 2. The van der Waals surface area contributed by atoms with Crippen molar-refractivity contribution in [2.75, 3.05) is 39.3 Å². The molecule has 0 bridgehead atoms. The number of nitrogens with zero attached hydrogens (tertiary/aromatic N) is 2. The van der Waals surface area contributed by atoms with Gasteiger partial charge >= 0.3 is 6.36 Å². The summed E-state index contributed by atoms with van der Waals surface area (Å²) < 4.78 is 58.6. The second kappa shape index (κ2) is 13.8. The molecule has 5 nitrogen and oxygen atoms in total. The van der Waals surface area contributed by atoms with E-state index in [1.165, 1.54) is 19.1 Å². The molecule has 0 spiro atoms. The van der Waals surface area contributed by atoms with Gasteiger partial charge in [0.15, 0.2) is 0 Å². The van der Waals surface area contributed by atoms with Crippen molar-refractivity contribution in [3.63, 3.8) is 0 Å². The Kier molecular flexibility index (Phi) is 12.2. The normalized spacial score (nSPS) is 16.0. The zero-order valence-electron chi connectivity index (χ0n) is 17.7. The second-order valence-corrected chi connectivity index (χ2v) is 7.50. The summed E-state index contributed by atoms with van der Waals surface area (Å²) >= 11 is 0. The average Bonchev–Trinajstić information content (AvgIpc) is 2.68. The Balaban J connectivity index is 0.00000480. The van der Waals surface area contributed by atoms with Crippen LogP contribution in [0.2, 0.25) is 0 Å². The van der Waals surface area contributed by atoms with Crippen molar-refractivity contribution in [1.29, 1.82) is 0 Å². The maximum Gasteiger partial charge on any atom is 0.522 e. The van der Waals surface area contributed by atoms with Gasteiger partial charge in [0.25, 0.3) is 0 Å². The smallest absolute Gasteiger partial charge is 0.492 e. The average molecular weight is 471 g/mol. The summed E-state index contributed by atoms with van der Waals surface area (Å²) in [6.45, 7) is 5.49. The van der Waals surface area contributed by atoms with E-state index in [0.29, 0.717) is 57.6 Å². The van der Waals surface area contributed by atoms with Crippen molar-refractivity contribution in [2.24, 2.45) is 0 Å². The monoisotopic (exact) mass is 470 g/mol. The van der Waals surface area contributed by atoms with E-state index in [1.807, 2.05) is 4.90 Å². The third-order valence-electron chi connectivity index (χ3n) is 5.05. The Labute approximate surface area is 187 Å². The highest BCUT2D eigenvalue weighted by Gasteiger charge is 2.31. The van der Waals surface area contributed by atoms with Crippen LogP contribution in [0.15, 0.2) is 24.3 Å². The Morgan fingerprint density at radius 3 is 2.32 bits per heavy atom. The van der Waals surface area contributed by atoms with Crippen LogP contribution in [-0.4, -0.2) is 67.5 Å². The number of hydrogen-bond acceptors (Lipinski definition) is 4. The molecule has 0 saturated carbocycles. The minimum absolute atomic E-state index is 0. The number of alkyl halides is 3. The number of rotatable bonds is 11. The molecule has 1 saturated heterocycles. The SMILES string of the molecule is CC(CCCCCC(=O)N1CCN(CCOc2ccc(F)cc2)CC1)OC(F)(F)F.Cl. The van der Waals surface area contributed by atoms with Gasteiger partial charge in [-0.3, -0.25) is 14.4 Å². The first-order chi connectivity index (χ1) is 14.2. The number of carbonyl (C=O) groups excluding carboxylic acids is 1. The molecule has 0 radical (unpaired) electrons. The first-order valence-corrected chi connectivity index (χ1v) is 10.4. The summed E-state index contributed by atoms with van der Waals surface area (Å²) in [7, 11) is 0. The molecular formula is C21H31ClF4N2O3. The second-order valence-electron chi connectivity index (χ2n) is 7.50. The van der Waals surface area contributed by atoms with Crippen molar-refractivity contribution in [2.45, 2.75) is 51.5 Å². The van der Waals surface area contributed by atoms with Gasteiger partial charge in [-0.05, 0) is 44.0 Å². The summed E-state index contributed by atoms with van der Waals surface area (Å²) in [5, 5.41) is 0. The molecule has 0 aromatic heterocycles. The van der Waals surface area contributed by atoms with Crippen molar-refractivity contribution < 1.29 is 31.8 Å². The Morgan fingerprint density at radius 2 is 1.71 bits per heavy atom. The highest BCUT2D eigenvalue weighted by molar-refractivity contribution is 5.85. The van der Waals surface area contributed by atoms with Gasteiger partial charge in [-0.2, -0.15) is 0 Å². The third kappa shape index (κ3) is 11.6. The van der Waals surface area contributed by atoms with E-state index < -0.39 is 12.5 Å². The first-order valence-electron chi connectivity index (χ1n) is 10.4. The van der Waals surface area contributed by atoms with Gasteiger partial charge in [-0.1, -0.05) is 12.8 Å². The fourth-order valence-corrected chi connectivity index (χ4v) is 3.37. The summed E-state index contributed by atoms with van der Waals surface area (Å²) in [6.07, 6.45) is -2.73. The van der Waals surface area contributed by atoms with E-state index in [9.17, 15) is 22.4 Å². The molecule has 1 amide bonds. The van der Waals surface area contributed by atoms with Crippen molar-refractivity contribution in [3.05, 3.63) is 30.1 Å². The molecule has 31 heavy (non-hydrogen) atoms. The van der Waals surface area contributed by atoms with E-state index in [1.54, 1.807) is 12.1 Å². The molecule has 1 aliphatic rings. The molecule has 1 aliphatic heterocycles. The molecule has 10 heteroatoms. The molecular weight excluding hydrogens is 440 g/mol. The number of benzene rings is 1. The highest BCUT2D eigenvalue weighted by Crippen LogP contribution is 2.21. The lowest BCUT2D eigenvalue weighted by atomic mass is 10.1. The van der Waals surface area contributed by atoms with E-state index in [4.69, 9.17) is 4.74 Å². The maximum absolute atomic E-state index is 12.9. The quantitative estimate of drug-likeness (QED) is 0.349. The van der Waals surface area contributed by atoms with E-state index >= 15 is 0 Å². The number of hydrogen-bond donors (Lipinski definition) is 0. The third-order valence-corrected chi connectivity index (χ3v) is 5.05. The lowest BCUT2D eigenvalue weighted by Crippen LogP contribution is -2.49. The van der Waals surface area contributed by atoms with Crippen molar-refractivity contribution in [1.82, 2.24) is 9.80 Å². The van der Waals surface area contributed by atoms with Gasteiger partial charge in [0.2, 0.25) is 5.91 Å². The molecule has 1 fully saturated rings. The van der Waals surface area contributed by atoms with Gasteiger partial charge in [0.05, 0.1) is 6.10 Å². The maximum atomic E-state index is 12.9. The number of carbonyl (C=O) groups is 1. The number of piperazine rings is 1. The van der Waals surface area contributed by atoms with Gasteiger partial charge in [0, 0.05) is 39.1 Å². The van der Waals surface area contributed by atoms with E-state index in [-0.39, 0.29) is 24.1 Å². The largest absolute Gasteiger partial charge is 0.522 e. The standard InChI is InChI=1S/C21H30F4N2O3.ClH/c1-17(30-21(23,24)25)5-3-2-4-6-20(28)27-13-11-26(12-14-27)15-16-29-19-9-7-18(22)8-10-19;/h7-10,17H,2-6,11-16H2,1H3;1H. The Bertz CT molecular complexity index is 639. The fraction of sp³-hybridized carbons (Fsp3) is 0.667. The number of amides is 1. The molecule has 0 aliphatic carbocycles. The lowest BCUT2D eigenvalue weighted by molar-refractivity contribution is -0.340. The predicted molar refractivity (Wildman–Crippen MR) is 112 cm³/mol. The first kappa shape index (κ1) is 27.5. The summed E-state index contributed by atoms with van der Waals surface area (Å²) in [5.74, 6) is 0.426. The zero-order valence-corrected chi connectivity index (χ0v) is 18.5. The van der Waals surface area contributed by atoms with Gasteiger partial charge in [-0.25, -0.2) is 4.39 Å². The molecule has 1 unspecified atom stereocenters. The Hall–Kier alpha value is -1.58. The van der Waals surface area contributed by atoms with Crippen LogP contribution in [-0.2, 0) is 9.53 Å². The summed E-state index contributed by atoms with van der Waals surface area (Å²) in [4.78, 5) is 16.4. The van der Waals surface area contributed by atoms with Crippen LogP contribution < -0.4 is 4.74 Å². The molecule has 1 atom stereocenters. The van der Waals surface area contributed by atoms with Crippen LogP contribution in [0.25, 0.3) is 0 Å². The molecule has 2 rings (SSSR count). The number of halogens is 5. The molecule has 1 aromatic rings. The molecule has 0 N–H and O–H groups in total. The van der Waals surface area contributed by atoms with E-state index in [2.05, 4.69) is 9.64 Å². The van der Waals surface area contributed by atoms with Gasteiger partial charge < -0.3 is 9.64 Å². The fourth-order valence-electron chi connectivity index (χ4n) is 3.37. The summed E-state index contributed by atoms with van der Waals surface area (Å²) in [5.41, 5.74) is 0. The molecule has 1 aromatic carbocycles. The Morgan fingerprint density at radius 1 is 1.06 bits per heavy atom. The zero-order chi connectivity index (χ0) is 22.0. The number of ether oxygens (including phenoxy) is 2. The van der Waals surface area contributed by atoms with Crippen molar-refractivity contribution in [3.8, 4) is 5.75 Å². The molecule has 1 heterocycles. The van der Waals surface area contributed by atoms with Crippen LogP contribution in [0.4, 0.5) is 17.6 Å². The van der Waals surface area contributed by atoms with Crippen LogP contribution in [0, 0.1) is 5.82 Å². The van der Waals surface area contributed by atoms with Gasteiger partial charge in [0.1, 0.15) is 18.2 Å². The topological polar surface area (TPSA) is 42.0 Å². The van der Waals surface area contributed by atoms with Gasteiger partial charge in [-0.15, -0.1) is 25.6 Å². The van der Waals surface area contributed by atoms with E-state index in [0.717, 1.165) is 19.6 Å².